The van der Waals surface area contributed by atoms with Crippen molar-refractivity contribution in [1.29, 1.82) is 5.26 Å². The van der Waals surface area contributed by atoms with Gasteiger partial charge in [0.1, 0.15) is 11.2 Å². The predicted octanol–water partition coefficient (Wildman–Crippen LogP) is 1.22. The second-order valence-corrected chi connectivity index (χ2v) is 9.92. The zero-order valence-corrected chi connectivity index (χ0v) is 15.7. The molecule has 1 aromatic carbocycles. The van der Waals surface area contributed by atoms with Crippen molar-refractivity contribution in [2.75, 3.05) is 24.2 Å². The van der Waals surface area contributed by atoms with Crippen LogP contribution in [0.2, 0.25) is 0 Å². The van der Waals surface area contributed by atoms with E-state index in [0.717, 1.165) is 12.8 Å². The number of nitriles is 1. The van der Waals surface area contributed by atoms with Crippen molar-refractivity contribution >= 4 is 27.3 Å². The maximum Gasteiger partial charge on any atom is 0.238 e. The Balaban J connectivity index is 1.60. The zero-order valence-electron chi connectivity index (χ0n) is 14.8. The Labute approximate surface area is 158 Å². The van der Waals surface area contributed by atoms with Gasteiger partial charge in [0.2, 0.25) is 11.8 Å². The minimum atomic E-state index is -3.50. The van der Waals surface area contributed by atoms with Crippen LogP contribution in [0.4, 0.5) is 5.69 Å². The Hall–Kier alpha value is -2.40. The molecule has 8 heteroatoms. The summed E-state index contributed by atoms with van der Waals surface area (Å²) in [6.45, 7) is 0.102. The Morgan fingerprint density at radius 3 is 2.70 bits per heavy atom. The van der Waals surface area contributed by atoms with Crippen LogP contribution in [0.25, 0.3) is 0 Å². The number of hydrogen-bond acceptors (Lipinski definition) is 5. The van der Waals surface area contributed by atoms with Gasteiger partial charge >= 0.3 is 0 Å². The summed E-state index contributed by atoms with van der Waals surface area (Å²) in [6.07, 6.45) is 2.96. The van der Waals surface area contributed by atoms with Gasteiger partial charge in [-0.2, -0.15) is 5.26 Å². The minimum absolute atomic E-state index is 0.0348. The van der Waals surface area contributed by atoms with Crippen molar-refractivity contribution in [3.63, 3.8) is 0 Å². The number of likely N-dealkylation sites (tertiary alicyclic amines) is 1. The van der Waals surface area contributed by atoms with Gasteiger partial charge in [0.15, 0.2) is 9.84 Å². The highest BCUT2D eigenvalue weighted by atomic mass is 32.2. The highest BCUT2D eigenvalue weighted by Gasteiger charge is 2.58. The smallest absolute Gasteiger partial charge is 0.238 e. The molecule has 1 aliphatic carbocycles. The molecule has 2 amide bonds. The number of hydrogen-bond donors (Lipinski definition) is 1. The summed E-state index contributed by atoms with van der Waals surface area (Å²) in [5, 5.41) is 12.0. The summed E-state index contributed by atoms with van der Waals surface area (Å²) in [7, 11) is -3.50. The molecule has 142 valence electrons. The summed E-state index contributed by atoms with van der Waals surface area (Å²) in [5.41, 5.74) is 0.226. The lowest BCUT2D eigenvalue weighted by Gasteiger charge is -2.24. The van der Waals surface area contributed by atoms with Gasteiger partial charge in [-0.05, 0) is 24.5 Å². The number of sulfone groups is 1. The topological polar surface area (TPSA) is 107 Å². The maximum absolute atomic E-state index is 12.8. The molecule has 1 spiro atoms. The fraction of sp³-hybridized carbons (Fsp3) is 0.526. The predicted molar refractivity (Wildman–Crippen MR) is 98.5 cm³/mol. The van der Waals surface area contributed by atoms with Crippen molar-refractivity contribution in [2.24, 2.45) is 5.92 Å². The Bertz CT molecular complexity index is 946. The molecule has 4 rings (SSSR count). The van der Waals surface area contributed by atoms with Crippen LogP contribution >= 0.6 is 0 Å². The number of fused-ring (bicyclic) bond motifs is 2. The molecule has 1 saturated carbocycles. The summed E-state index contributed by atoms with van der Waals surface area (Å²) in [4.78, 5) is 26.9. The fourth-order valence-corrected chi connectivity index (χ4v) is 6.48. The zero-order chi connectivity index (χ0) is 19.2. The molecule has 1 N–H and O–H groups in total. The molecule has 7 nitrogen and oxygen atoms in total. The Morgan fingerprint density at radius 1 is 1.30 bits per heavy atom. The van der Waals surface area contributed by atoms with Gasteiger partial charge < -0.3 is 10.2 Å². The highest BCUT2D eigenvalue weighted by molar-refractivity contribution is 7.92. The summed E-state index contributed by atoms with van der Waals surface area (Å²) >= 11 is 0. The average molecular weight is 387 g/mol. The van der Waals surface area contributed by atoms with Gasteiger partial charge in [-0.1, -0.05) is 31.0 Å². The van der Waals surface area contributed by atoms with Gasteiger partial charge in [0.25, 0.3) is 0 Å². The molecular formula is C19H21N3O4S. The van der Waals surface area contributed by atoms with Crippen molar-refractivity contribution in [2.45, 2.75) is 36.3 Å². The molecule has 0 radical (unpaired) electrons. The molecule has 2 atom stereocenters. The second-order valence-electron chi connectivity index (χ2n) is 7.64. The van der Waals surface area contributed by atoms with Crippen molar-refractivity contribution in [1.82, 2.24) is 4.90 Å². The Kier molecular flexibility index (Phi) is 4.22. The number of nitrogens with zero attached hydrogens (tertiary/aromatic N) is 2. The summed E-state index contributed by atoms with van der Waals surface area (Å²) in [5.74, 6) is -2.07. The van der Waals surface area contributed by atoms with Crippen molar-refractivity contribution in [3.8, 4) is 6.07 Å². The number of anilines is 1. The van der Waals surface area contributed by atoms with Crippen LogP contribution in [0.1, 0.15) is 31.2 Å². The lowest BCUT2D eigenvalue weighted by atomic mass is 9.74. The molecule has 0 bridgehead atoms. The molecule has 1 aromatic rings. The largest absolute Gasteiger partial charge is 0.339 e. The van der Waals surface area contributed by atoms with E-state index in [-0.39, 0.29) is 19.0 Å². The van der Waals surface area contributed by atoms with E-state index in [2.05, 4.69) is 11.4 Å². The third kappa shape index (κ3) is 2.72. The van der Waals surface area contributed by atoms with E-state index in [4.69, 9.17) is 0 Å². The van der Waals surface area contributed by atoms with Crippen LogP contribution in [0.15, 0.2) is 24.3 Å². The van der Waals surface area contributed by atoms with Gasteiger partial charge in [-0.25, -0.2) is 8.42 Å². The summed E-state index contributed by atoms with van der Waals surface area (Å²) in [6, 6.07) is 9.32. The first kappa shape index (κ1) is 18.0. The van der Waals surface area contributed by atoms with Crippen LogP contribution in [-0.4, -0.2) is 49.2 Å². The van der Waals surface area contributed by atoms with E-state index in [9.17, 15) is 23.3 Å². The number of benzene rings is 1. The van der Waals surface area contributed by atoms with Crippen molar-refractivity contribution in [3.05, 3.63) is 29.8 Å². The van der Waals surface area contributed by atoms with Crippen LogP contribution in [0.3, 0.4) is 0 Å². The highest BCUT2D eigenvalue weighted by Crippen LogP contribution is 2.47. The molecule has 2 aliphatic heterocycles. The lowest BCUT2D eigenvalue weighted by molar-refractivity contribution is -0.128. The lowest BCUT2D eigenvalue weighted by Crippen LogP contribution is -2.43. The van der Waals surface area contributed by atoms with E-state index in [1.54, 1.807) is 24.3 Å². The first-order valence-corrected chi connectivity index (χ1v) is 10.9. The van der Waals surface area contributed by atoms with E-state index in [1.165, 1.54) is 4.90 Å². The molecule has 2 unspecified atom stereocenters. The number of nitrogens with one attached hydrogen (secondary N) is 1. The SMILES string of the molecule is N#CC1CN(C(=O)CS(=O)(=O)C2CCCC2)CC12C(=O)Nc1ccccc12. The normalized spacial score (nSPS) is 27.6. The average Bonchev–Trinajstić information content (AvgIpc) is 3.35. The third-order valence-corrected chi connectivity index (χ3v) is 8.28. The van der Waals surface area contributed by atoms with Gasteiger partial charge in [0.05, 0.1) is 17.2 Å². The minimum Gasteiger partial charge on any atom is -0.339 e. The third-order valence-electron chi connectivity index (χ3n) is 6.14. The number of carbonyl (C=O) groups is 2. The Morgan fingerprint density at radius 2 is 2.00 bits per heavy atom. The first-order valence-electron chi connectivity index (χ1n) is 9.18. The molecular weight excluding hydrogens is 366 g/mol. The van der Waals surface area contributed by atoms with Gasteiger partial charge in [0, 0.05) is 18.8 Å². The van der Waals surface area contributed by atoms with E-state index < -0.39 is 38.1 Å². The van der Waals surface area contributed by atoms with Crippen LogP contribution < -0.4 is 5.32 Å². The number of para-hydroxylation sites is 1. The number of carbonyl (C=O) groups excluding carboxylic acids is 2. The fourth-order valence-electron chi connectivity index (χ4n) is 4.66. The van der Waals surface area contributed by atoms with Gasteiger partial charge in [-0.3, -0.25) is 9.59 Å². The first-order chi connectivity index (χ1) is 12.9. The second kappa shape index (κ2) is 6.34. The molecule has 0 aromatic heterocycles. The molecule has 2 heterocycles. The van der Waals surface area contributed by atoms with E-state index >= 15 is 0 Å². The maximum atomic E-state index is 12.8. The molecule has 2 fully saturated rings. The van der Waals surface area contributed by atoms with E-state index in [1.807, 2.05) is 0 Å². The van der Waals surface area contributed by atoms with Gasteiger partial charge in [-0.15, -0.1) is 0 Å². The molecule has 1 saturated heterocycles. The summed E-state index contributed by atoms with van der Waals surface area (Å²) < 4.78 is 25.1. The molecule has 3 aliphatic rings. The quantitative estimate of drug-likeness (QED) is 0.839. The molecule has 27 heavy (non-hydrogen) atoms. The van der Waals surface area contributed by atoms with Crippen LogP contribution in [0.5, 0.6) is 0 Å². The number of rotatable bonds is 3. The van der Waals surface area contributed by atoms with Crippen LogP contribution in [0, 0.1) is 17.2 Å². The van der Waals surface area contributed by atoms with E-state index in [0.29, 0.717) is 24.1 Å². The number of amides is 2. The van der Waals surface area contributed by atoms with Crippen molar-refractivity contribution < 1.29 is 18.0 Å². The van der Waals surface area contributed by atoms with Crippen LogP contribution in [-0.2, 0) is 24.8 Å². The standard InChI is InChI=1S/C19H21N3O4S/c20-9-13-10-22(17(23)11-27(25,26)14-5-1-2-6-14)12-19(13)15-7-3-4-8-16(15)21-18(19)24/h3-4,7-8,13-14H,1-2,5-6,10-12H2,(H,21,24). The monoisotopic (exact) mass is 387 g/mol.